The fraction of sp³-hybridized carbons (Fsp3) is 0.444. The number of benzene rings is 2. The molecule has 4 rings (SSSR count). The van der Waals surface area contributed by atoms with Gasteiger partial charge in [0, 0.05) is 36.8 Å². The number of unbranched alkanes of at least 4 members (excludes halogenated alkanes) is 2. The van der Waals surface area contributed by atoms with Crippen molar-refractivity contribution in [2.45, 2.75) is 19.3 Å². The van der Waals surface area contributed by atoms with Crippen molar-refractivity contribution in [3.63, 3.8) is 0 Å². The maximum atomic E-state index is 12.9. The van der Waals surface area contributed by atoms with Crippen LogP contribution in [0.25, 0.3) is 6.08 Å². The van der Waals surface area contributed by atoms with Gasteiger partial charge in [0.15, 0.2) is 17.3 Å². The highest BCUT2D eigenvalue weighted by Crippen LogP contribution is 2.32. The van der Waals surface area contributed by atoms with Gasteiger partial charge in [0.05, 0.1) is 19.3 Å². The van der Waals surface area contributed by atoms with E-state index in [0.29, 0.717) is 40.0 Å². The third kappa shape index (κ3) is 6.32. The third-order valence-corrected chi connectivity index (χ3v) is 6.60. The van der Waals surface area contributed by atoms with Crippen LogP contribution >= 0.6 is 11.6 Å². The second-order valence-corrected chi connectivity index (χ2v) is 9.33. The van der Waals surface area contributed by atoms with Crippen LogP contribution < -0.4 is 14.2 Å². The molecule has 0 aromatic heterocycles. The van der Waals surface area contributed by atoms with Crippen LogP contribution in [0.4, 0.5) is 0 Å². The summed E-state index contributed by atoms with van der Waals surface area (Å²) >= 11 is 6.06. The van der Waals surface area contributed by atoms with Gasteiger partial charge in [-0.1, -0.05) is 17.7 Å². The number of hydrogen-bond acceptors (Lipinski definition) is 6. The lowest BCUT2D eigenvalue weighted by Gasteiger charge is -2.32. The lowest BCUT2D eigenvalue weighted by atomic mass is 9.98. The van der Waals surface area contributed by atoms with Gasteiger partial charge in [-0.25, -0.2) is 0 Å². The van der Waals surface area contributed by atoms with E-state index in [0.717, 1.165) is 18.4 Å². The van der Waals surface area contributed by atoms with E-state index in [1.807, 2.05) is 24.3 Å². The quantitative estimate of drug-likeness (QED) is 0.376. The smallest absolute Gasteiger partial charge is 0.196 e. The molecule has 0 spiro atoms. The maximum Gasteiger partial charge on any atom is 0.196 e. The minimum Gasteiger partial charge on any atom is -0.493 e. The van der Waals surface area contributed by atoms with Crippen molar-refractivity contribution >= 4 is 23.5 Å². The van der Waals surface area contributed by atoms with E-state index in [9.17, 15) is 4.79 Å². The zero-order chi connectivity index (χ0) is 23.9. The van der Waals surface area contributed by atoms with Crippen LogP contribution in [0.1, 0.15) is 35.2 Å². The Hall–Kier alpha value is -2.54. The summed E-state index contributed by atoms with van der Waals surface area (Å²) in [6, 6.07) is 10.8. The van der Waals surface area contributed by atoms with Crippen LogP contribution in [-0.2, 0) is 0 Å². The first-order valence-electron chi connectivity index (χ1n) is 11.9. The molecule has 0 aliphatic carbocycles. The predicted molar refractivity (Wildman–Crippen MR) is 136 cm³/mol. The summed E-state index contributed by atoms with van der Waals surface area (Å²) in [6.45, 7) is 6.72. The number of ketones is 1. The highest BCUT2D eigenvalue weighted by Gasteiger charge is 2.23. The Bertz CT molecular complexity index is 1030. The largest absolute Gasteiger partial charge is 0.493 e. The van der Waals surface area contributed by atoms with Crippen LogP contribution in [0.2, 0.25) is 5.02 Å². The van der Waals surface area contributed by atoms with Gasteiger partial charge in [0.2, 0.25) is 0 Å². The van der Waals surface area contributed by atoms with E-state index in [4.69, 9.17) is 25.8 Å². The molecule has 0 atom stereocenters. The molecule has 2 aromatic rings. The van der Waals surface area contributed by atoms with E-state index in [2.05, 4.69) is 16.8 Å². The molecule has 0 bridgehead atoms. The van der Waals surface area contributed by atoms with Crippen molar-refractivity contribution < 1.29 is 19.0 Å². The summed E-state index contributed by atoms with van der Waals surface area (Å²) in [7, 11) is 3.81. The first-order valence-corrected chi connectivity index (χ1v) is 12.3. The molecule has 0 saturated carbocycles. The number of halogens is 1. The van der Waals surface area contributed by atoms with Crippen LogP contribution in [0.3, 0.4) is 0 Å². The number of hydrogen-bond donors (Lipinski definition) is 0. The highest BCUT2D eigenvalue weighted by molar-refractivity contribution is 6.31. The number of methoxy groups -OCH3 is 1. The molecule has 6 nitrogen and oxygen atoms in total. The Kier molecular flexibility index (Phi) is 8.48. The molecule has 1 fully saturated rings. The molecule has 0 amide bonds. The number of rotatable bonds is 9. The van der Waals surface area contributed by atoms with Gasteiger partial charge in [0.1, 0.15) is 12.4 Å². The Balaban J connectivity index is 1.28. The van der Waals surface area contributed by atoms with Crippen LogP contribution in [0.5, 0.6) is 17.2 Å². The molecule has 182 valence electrons. The summed E-state index contributed by atoms with van der Waals surface area (Å²) < 4.78 is 17.3. The van der Waals surface area contributed by atoms with Crippen LogP contribution in [0.15, 0.2) is 42.0 Å². The van der Waals surface area contributed by atoms with E-state index in [-0.39, 0.29) is 12.4 Å². The SMILES string of the molecule is COc1cc(C=C2COc3ccc(Cl)cc3C2=O)ccc1OCCCCCN1CCN(C)CC1. The highest BCUT2D eigenvalue weighted by atomic mass is 35.5. The molecule has 1 saturated heterocycles. The van der Waals surface area contributed by atoms with Gasteiger partial charge in [-0.2, -0.15) is 0 Å². The van der Waals surface area contributed by atoms with Crippen molar-refractivity contribution in [1.29, 1.82) is 0 Å². The van der Waals surface area contributed by atoms with Crippen molar-refractivity contribution in [3.05, 3.63) is 58.1 Å². The molecule has 2 aliphatic heterocycles. The summed E-state index contributed by atoms with van der Waals surface area (Å²) in [6.07, 6.45) is 5.18. The Labute approximate surface area is 207 Å². The zero-order valence-electron chi connectivity index (χ0n) is 20.0. The molecule has 7 heteroatoms. The second-order valence-electron chi connectivity index (χ2n) is 8.89. The molecule has 2 aromatic carbocycles. The van der Waals surface area contributed by atoms with Gasteiger partial charge in [-0.3, -0.25) is 4.79 Å². The normalized spacial score (nSPS) is 18.0. The van der Waals surface area contributed by atoms with Crippen LogP contribution in [0, 0.1) is 0 Å². The number of carbonyl (C=O) groups excluding carboxylic acids is 1. The summed E-state index contributed by atoms with van der Waals surface area (Å²) in [5.74, 6) is 1.86. The molecular formula is C27H33ClN2O4. The fourth-order valence-electron chi connectivity index (χ4n) is 4.27. The molecule has 0 unspecified atom stereocenters. The van der Waals surface area contributed by atoms with Crippen molar-refractivity contribution in [1.82, 2.24) is 9.80 Å². The number of carbonyl (C=O) groups is 1. The van der Waals surface area contributed by atoms with Gasteiger partial charge in [0.25, 0.3) is 0 Å². The number of fused-ring (bicyclic) bond motifs is 1. The van der Waals surface area contributed by atoms with Gasteiger partial charge in [-0.05, 0) is 74.8 Å². The van der Waals surface area contributed by atoms with Gasteiger partial charge >= 0.3 is 0 Å². The van der Waals surface area contributed by atoms with E-state index in [1.54, 1.807) is 25.3 Å². The fourth-order valence-corrected chi connectivity index (χ4v) is 4.44. The van der Waals surface area contributed by atoms with Crippen LogP contribution in [-0.4, -0.2) is 75.7 Å². The molecule has 34 heavy (non-hydrogen) atoms. The summed E-state index contributed by atoms with van der Waals surface area (Å²) in [5, 5.41) is 0.513. The van der Waals surface area contributed by atoms with E-state index < -0.39 is 0 Å². The summed E-state index contributed by atoms with van der Waals surface area (Å²) in [4.78, 5) is 17.8. The Morgan fingerprint density at radius 1 is 1.03 bits per heavy atom. The standard InChI is InChI=1S/C27H33ClN2O4/c1-29-11-13-30(14-12-29)10-4-3-5-15-33-25-8-6-20(17-26(25)32-2)16-21-19-34-24-9-7-22(28)18-23(24)27(21)31/h6-9,16-18H,3-5,10-15,19H2,1-2H3. The summed E-state index contributed by atoms with van der Waals surface area (Å²) in [5.41, 5.74) is 1.92. The monoisotopic (exact) mass is 484 g/mol. The molecular weight excluding hydrogens is 452 g/mol. The zero-order valence-corrected chi connectivity index (χ0v) is 20.8. The molecule has 2 aliphatic rings. The maximum absolute atomic E-state index is 12.9. The van der Waals surface area contributed by atoms with E-state index >= 15 is 0 Å². The number of nitrogens with zero attached hydrogens (tertiary/aromatic N) is 2. The minimum atomic E-state index is -0.0698. The molecule has 0 N–H and O–H groups in total. The lowest BCUT2D eigenvalue weighted by Crippen LogP contribution is -2.44. The average molecular weight is 485 g/mol. The van der Waals surface area contributed by atoms with Crippen molar-refractivity contribution in [2.75, 3.05) is 60.1 Å². The van der Waals surface area contributed by atoms with Crippen molar-refractivity contribution in [2.24, 2.45) is 0 Å². The average Bonchev–Trinajstić information content (AvgIpc) is 2.85. The molecule has 2 heterocycles. The van der Waals surface area contributed by atoms with Gasteiger partial charge < -0.3 is 24.0 Å². The Morgan fingerprint density at radius 3 is 2.65 bits per heavy atom. The minimum absolute atomic E-state index is 0.0698. The number of ether oxygens (including phenoxy) is 3. The number of Topliss-reactive ketones (excluding diaryl/α,β-unsaturated/α-hetero) is 1. The lowest BCUT2D eigenvalue weighted by molar-refractivity contribution is 0.100. The number of piperazine rings is 1. The van der Waals surface area contributed by atoms with E-state index in [1.165, 1.54) is 39.1 Å². The van der Waals surface area contributed by atoms with Crippen molar-refractivity contribution in [3.8, 4) is 17.2 Å². The Morgan fingerprint density at radius 2 is 1.85 bits per heavy atom. The van der Waals surface area contributed by atoms with Gasteiger partial charge in [-0.15, -0.1) is 0 Å². The first-order chi connectivity index (χ1) is 16.5. The first kappa shape index (κ1) is 24.6. The molecule has 0 radical (unpaired) electrons. The predicted octanol–water partition coefficient (Wildman–Crippen LogP) is 4.80. The number of likely N-dealkylation sites (N-methyl/N-ethyl adjacent to an activating group) is 1. The topological polar surface area (TPSA) is 51.2 Å². The second kappa shape index (κ2) is 11.7. The third-order valence-electron chi connectivity index (χ3n) is 6.36.